The van der Waals surface area contributed by atoms with E-state index < -0.39 is 0 Å². The first-order valence-corrected chi connectivity index (χ1v) is 8.40. The highest BCUT2D eigenvalue weighted by molar-refractivity contribution is 6.04. The Balaban J connectivity index is 1.80. The van der Waals surface area contributed by atoms with Crippen molar-refractivity contribution < 1.29 is 19.1 Å². The van der Waals surface area contributed by atoms with Crippen molar-refractivity contribution in [2.45, 2.75) is 6.42 Å². The van der Waals surface area contributed by atoms with Gasteiger partial charge in [-0.1, -0.05) is 18.2 Å². The van der Waals surface area contributed by atoms with E-state index in [1.165, 1.54) is 0 Å². The number of para-hydroxylation sites is 1. The van der Waals surface area contributed by atoms with E-state index in [2.05, 4.69) is 0 Å². The summed E-state index contributed by atoms with van der Waals surface area (Å²) in [5.41, 5.74) is 1.46. The molecule has 0 aromatic heterocycles. The van der Waals surface area contributed by atoms with Crippen molar-refractivity contribution in [1.82, 2.24) is 0 Å². The maximum atomic E-state index is 12.8. The van der Waals surface area contributed by atoms with Crippen LogP contribution in [0.2, 0.25) is 0 Å². The van der Waals surface area contributed by atoms with Gasteiger partial charge in [0.25, 0.3) is 0 Å². The van der Waals surface area contributed by atoms with Crippen LogP contribution in [0.25, 0.3) is 0 Å². The second kappa shape index (κ2) is 7.47. The molecular weight excluding hydrogens is 332 g/mol. The zero-order chi connectivity index (χ0) is 18.7. The molecule has 1 unspecified atom stereocenters. The summed E-state index contributed by atoms with van der Waals surface area (Å²) >= 11 is 0. The van der Waals surface area contributed by atoms with Crippen LogP contribution in [-0.2, 0) is 9.59 Å². The Kier molecular flexibility index (Phi) is 5.11. The van der Waals surface area contributed by atoms with Crippen LogP contribution in [0.1, 0.15) is 6.42 Å². The highest BCUT2D eigenvalue weighted by Gasteiger charge is 2.37. The van der Waals surface area contributed by atoms with E-state index in [1.807, 2.05) is 30.3 Å². The van der Waals surface area contributed by atoms with Crippen LogP contribution in [0, 0.1) is 5.92 Å². The number of ether oxygens (including phenoxy) is 2. The Bertz CT molecular complexity index is 807. The molecule has 0 radical (unpaired) electrons. The van der Waals surface area contributed by atoms with E-state index in [0.29, 0.717) is 23.7 Å². The van der Waals surface area contributed by atoms with Crippen LogP contribution in [-0.4, -0.2) is 39.6 Å². The van der Waals surface area contributed by atoms with Gasteiger partial charge in [-0.05, 0) is 24.3 Å². The number of nitrogens with zero attached hydrogens (tertiary/aromatic N) is 2. The first kappa shape index (κ1) is 17.8. The minimum absolute atomic E-state index is 0.0699. The Morgan fingerprint density at radius 1 is 1.12 bits per heavy atom. The standard InChI is InChI=1S/C20H22N2O4/c1-21(15-7-5-4-6-8-15)20(24)14-11-19(23)22(13-14)17-10-9-16(25-2)12-18(17)26-3/h4-10,12,14H,11,13H2,1-3H3. The molecule has 1 atom stereocenters. The number of carbonyl (C=O) groups is 2. The van der Waals surface area contributed by atoms with E-state index in [4.69, 9.17) is 9.47 Å². The van der Waals surface area contributed by atoms with Gasteiger partial charge in [0.1, 0.15) is 11.5 Å². The topological polar surface area (TPSA) is 59.1 Å². The molecule has 6 heteroatoms. The van der Waals surface area contributed by atoms with Crippen LogP contribution in [0.4, 0.5) is 11.4 Å². The molecule has 1 aliphatic heterocycles. The van der Waals surface area contributed by atoms with Crippen LogP contribution in [0.15, 0.2) is 48.5 Å². The fraction of sp³-hybridized carbons (Fsp3) is 0.300. The zero-order valence-corrected chi connectivity index (χ0v) is 15.1. The van der Waals surface area contributed by atoms with Crippen molar-refractivity contribution in [3.05, 3.63) is 48.5 Å². The number of carbonyl (C=O) groups excluding carboxylic acids is 2. The molecule has 1 aliphatic rings. The lowest BCUT2D eigenvalue weighted by Crippen LogP contribution is -2.34. The molecule has 2 aromatic rings. The lowest BCUT2D eigenvalue weighted by molar-refractivity contribution is -0.124. The first-order chi connectivity index (χ1) is 12.5. The summed E-state index contributed by atoms with van der Waals surface area (Å²) in [6.45, 7) is 0.331. The Morgan fingerprint density at radius 3 is 2.50 bits per heavy atom. The van der Waals surface area contributed by atoms with Crippen molar-refractivity contribution in [2.24, 2.45) is 5.92 Å². The zero-order valence-electron chi connectivity index (χ0n) is 15.1. The molecule has 26 heavy (non-hydrogen) atoms. The van der Waals surface area contributed by atoms with E-state index in [9.17, 15) is 9.59 Å². The third-order valence-corrected chi connectivity index (χ3v) is 4.63. The number of benzene rings is 2. The minimum atomic E-state index is -0.389. The van der Waals surface area contributed by atoms with Gasteiger partial charge in [-0.3, -0.25) is 9.59 Å². The number of anilines is 2. The summed E-state index contributed by atoms with van der Waals surface area (Å²) in [5, 5.41) is 0. The Labute approximate surface area is 152 Å². The first-order valence-electron chi connectivity index (χ1n) is 8.40. The highest BCUT2D eigenvalue weighted by atomic mass is 16.5. The summed E-state index contributed by atoms with van der Waals surface area (Å²) in [4.78, 5) is 28.6. The summed E-state index contributed by atoms with van der Waals surface area (Å²) in [7, 11) is 4.85. The van der Waals surface area contributed by atoms with Gasteiger partial charge in [-0.2, -0.15) is 0 Å². The molecule has 1 saturated heterocycles. The van der Waals surface area contributed by atoms with Gasteiger partial charge in [0.05, 0.1) is 25.8 Å². The van der Waals surface area contributed by atoms with Gasteiger partial charge >= 0.3 is 0 Å². The van der Waals surface area contributed by atoms with Crippen molar-refractivity contribution in [2.75, 3.05) is 37.6 Å². The average Bonchev–Trinajstić information content (AvgIpc) is 3.08. The average molecular weight is 354 g/mol. The molecule has 0 saturated carbocycles. The SMILES string of the molecule is COc1ccc(N2CC(C(=O)N(C)c3ccccc3)CC2=O)c(OC)c1. The number of rotatable bonds is 5. The Morgan fingerprint density at radius 2 is 1.85 bits per heavy atom. The predicted octanol–water partition coefficient (Wildman–Crippen LogP) is 2.72. The van der Waals surface area contributed by atoms with Crippen molar-refractivity contribution in [3.63, 3.8) is 0 Å². The van der Waals surface area contributed by atoms with E-state index in [0.717, 1.165) is 5.69 Å². The van der Waals surface area contributed by atoms with Crippen molar-refractivity contribution in [1.29, 1.82) is 0 Å². The number of hydrogen-bond donors (Lipinski definition) is 0. The third-order valence-electron chi connectivity index (χ3n) is 4.63. The fourth-order valence-corrected chi connectivity index (χ4v) is 3.17. The fourth-order valence-electron chi connectivity index (χ4n) is 3.17. The van der Waals surface area contributed by atoms with E-state index >= 15 is 0 Å². The quantitative estimate of drug-likeness (QED) is 0.828. The molecule has 1 fully saturated rings. The minimum Gasteiger partial charge on any atom is -0.497 e. The maximum Gasteiger partial charge on any atom is 0.232 e. The Hall–Kier alpha value is -3.02. The van der Waals surface area contributed by atoms with Crippen LogP contribution >= 0.6 is 0 Å². The molecule has 3 rings (SSSR count). The molecule has 1 heterocycles. The monoisotopic (exact) mass is 354 g/mol. The van der Waals surface area contributed by atoms with Crippen LogP contribution < -0.4 is 19.3 Å². The van der Waals surface area contributed by atoms with Crippen molar-refractivity contribution >= 4 is 23.2 Å². The summed E-state index contributed by atoms with van der Waals surface area (Å²) in [6, 6.07) is 14.7. The van der Waals surface area contributed by atoms with Gasteiger partial charge in [-0.15, -0.1) is 0 Å². The smallest absolute Gasteiger partial charge is 0.232 e. The van der Waals surface area contributed by atoms with E-state index in [1.54, 1.807) is 49.3 Å². The lowest BCUT2D eigenvalue weighted by atomic mass is 10.1. The number of hydrogen-bond acceptors (Lipinski definition) is 4. The molecule has 6 nitrogen and oxygen atoms in total. The third kappa shape index (κ3) is 3.35. The molecule has 0 N–H and O–H groups in total. The predicted molar refractivity (Wildman–Crippen MR) is 99.9 cm³/mol. The van der Waals surface area contributed by atoms with Gasteiger partial charge in [0, 0.05) is 31.8 Å². The second-order valence-corrected chi connectivity index (χ2v) is 6.18. The summed E-state index contributed by atoms with van der Waals surface area (Å²) in [6.07, 6.45) is 0.186. The molecule has 2 amide bonds. The largest absolute Gasteiger partial charge is 0.497 e. The second-order valence-electron chi connectivity index (χ2n) is 6.18. The molecule has 2 aromatic carbocycles. The highest BCUT2D eigenvalue weighted by Crippen LogP contribution is 2.36. The maximum absolute atomic E-state index is 12.8. The lowest BCUT2D eigenvalue weighted by Gasteiger charge is -2.22. The number of amides is 2. The number of methoxy groups -OCH3 is 2. The van der Waals surface area contributed by atoms with Gasteiger partial charge in [-0.25, -0.2) is 0 Å². The van der Waals surface area contributed by atoms with Crippen LogP contribution in [0.3, 0.4) is 0 Å². The summed E-state index contributed by atoms with van der Waals surface area (Å²) < 4.78 is 10.6. The van der Waals surface area contributed by atoms with Gasteiger partial charge in [0.2, 0.25) is 11.8 Å². The van der Waals surface area contributed by atoms with Gasteiger partial charge in [0.15, 0.2) is 0 Å². The molecule has 0 spiro atoms. The summed E-state index contributed by atoms with van der Waals surface area (Å²) in [5.74, 6) is 0.642. The molecule has 0 bridgehead atoms. The normalized spacial score (nSPS) is 16.5. The van der Waals surface area contributed by atoms with E-state index in [-0.39, 0.29) is 24.2 Å². The van der Waals surface area contributed by atoms with Gasteiger partial charge < -0.3 is 19.3 Å². The molecule has 0 aliphatic carbocycles. The molecule has 136 valence electrons. The van der Waals surface area contributed by atoms with Crippen LogP contribution in [0.5, 0.6) is 11.5 Å². The van der Waals surface area contributed by atoms with Crippen molar-refractivity contribution in [3.8, 4) is 11.5 Å². The molecular formula is C20H22N2O4.